The minimum atomic E-state index is -3.38. The zero-order valence-corrected chi connectivity index (χ0v) is 10.2. The number of aromatic nitrogens is 2. The SMILES string of the molecule is CC1(S(=O)(=O)c2ncccn2)CCCCC1. The first kappa shape index (κ1) is 11.5. The van der Waals surface area contributed by atoms with Gasteiger partial charge in [0.05, 0.1) is 4.75 Å². The quantitative estimate of drug-likeness (QED) is 0.741. The van der Waals surface area contributed by atoms with Gasteiger partial charge in [-0.15, -0.1) is 0 Å². The molecule has 2 rings (SSSR count). The molecule has 4 nitrogen and oxygen atoms in total. The highest BCUT2D eigenvalue weighted by Gasteiger charge is 2.42. The molecule has 0 amide bonds. The lowest BCUT2D eigenvalue weighted by Gasteiger charge is -2.31. The van der Waals surface area contributed by atoms with Gasteiger partial charge in [-0.1, -0.05) is 19.3 Å². The Morgan fingerprint density at radius 2 is 1.69 bits per heavy atom. The second-order valence-corrected chi connectivity index (χ2v) is 6.90. The van der Waals surface area contributed by atoms with Crippen molar-refractivity contribution < 1.29 is 8.42 Å². The summed E-state index contributed by atoms with van der Waals surface area (Å²) < 4.78 is 24.1. The van der Waals surface area contributed by atoms with Crippen molar-refractivity contribution >= 4 is 9.84 Å². The molecule has 0 bridgehead atoms. The topological polar surface area (TPSA) is 59.9 Å². The van der Waals surface area contributed by atoms with Gasteiger partial charge < -0.3 is 0 Å². The van der Waals surface area contributed by atoms with E-state index in [9.17, 15) is 8.42 Å². The summed E-state index contributed by atoms with van der Waals surface area (Å²) in [4.78, 5) is 7.74. The maximum absolute atomic E-state index is 12.4. The van der Waals surface area contributed by atoms with E-state index in [1.54, 1.807) is 6.07 Å². The molecule has 0 aliphatic heterocycles. The van der Waals surface area contributed by atoms with E-state index in [4.69, 9.17) is 0 Å². The van der Waals surface area contributed by atoms with Crippen LogP contribution in [0.15, 0.2) is 23.6 Å². The molecule has 0 saturated heterocycles. The number of rotatable bonds is 2. The van der Waals surface area contributed by atoms with Crippen LogP contribution in [0.2, 0.25) is 0 Å². The second-order valence-electron chi connectivity index (χ2n) is 4.55. The summed E-state index contributed by atoms with van der Waals surface area (Å²) in [5.41, 5.74) is 0. The highest BCUT2D eigenvalue weighted by molar-refractivity contribution is 7.92. The van der Waals surface area contributed by atoms with Gasteiger partial charge in [-0.2, -0.15) is 0 Å². The van der Waals surface area contributed by atoms with Gasteiger partial charge in [0.15, 0.2) is 0 Å². The second kappa shape index (κ2) is 4.13. The number of hydrogen-bond donors (Lipinski definition) is 0. The Labute approximate surface area is 96.0 Å². The van der Waals surface area contributed by atoms with Crippen LogP contribution in [0.25, 0.3) is 0 Å². The van der Waals surface area contributed by atoms with Crippen LogP contribution in [0.1, 0.15) is 39.0 Å². The van der Waals surface area contributed by atoms with Crippen molar-refractivity contribution in [2.75, 3.05) is 0 Å². The largest absolute Gasteiger partial charge is 0.247 e. The van der Waals surface area contributed by atoms with E-state index < -0.39 is 14.6 Å². The normalized spacial score (nSPS) is 20.6. The van der Waals surface area contributed by atoms with Crippen molar-refractivity contribution in [1.29, 1.82) is 0 Å². The molecule has 0 N–H and O–H groups in total. The minimum Gasteiger partial charge on any atom is -0.227 e. The van der Waals surface area contributed by atoms with E-state index in [1.165, 1.54) is 12.4 Å². The standard InChI is InChI=1S/C11H16N2O2S/c1-11(6-3-2-4-7-11)16(14,15)10-12-8-5-9-13-10/h5,8-9H,2-4,6-7H2,1H3. The van der Waals surface area contributed by atoms with Crippen molar-refractivity contribution in [2.45, 2.75) is 48.9 Å². The van der Waals surface area contributed by atoms with E-state index >= 15 is 0 Å². The number of nitrogens with zero attached hydrogens (tertiary/aromatic N) is 2. The molecular formula is C11H16N2O2S. The zero-order valence-electron chi connectivity index (χ0n) is 9.39. The Morgan fingerprint density at radius 1 is 1.12 bits per heavy atom. The summed E-state index contributed by atoms with van der Waals surface area (Å²) in [5.74, 6) is 0. The molecule has 0 radical (unpaired) electrons. The smallest absolute Gasteiger partial charge is 0.227 e. The third kappa shape index (κ3) is 1.84. The summed E-state index contributed by atoms with van der Waals surface area (Å²) in [6.07, 6.45) is 7.46. The molecule has 1 fully saturated rings. The summed E-state index contributed by atoms with van der Waals surface area (Å²) in [6, 6.07) is 1.63. The average molecular weight is 240 g/mol. The maximum atomic E-state index is 12.4. The van der Waals surface area contributed by atoms with Gasteiger partial charge >= 0.3 is 0 Å². The van der Waals surface area contributed by atoms with Gasteiger partial charge in [-0.3, -0.25) is 0 Å². The summed E-state index contributed by atoms with van der Waals surface area (Å²) in [6.45, 7) is 1.82. The van der Waals surface area contributed by atoms with E-state index in [2.05, 4.69) is 9.97 Å². The van der Waals surface area contributed by atoms with Crippen molar-refractivity contribution in [3.8, 4) is 0 Å². The lowest BCUT2D eigenvalue weighted by atomic mass is 9.90. The highest BCUT2D eigenvalue weighted by atomic mass is 32.2. The van der Waals surface area contributed by atoms with Crippen molar-refractivity contribution in [3.05, 3.63) is 18.5 Å². The summed E-state index contributed by atoms with van der Waals surface area (Å²) in [5, 5.41) is -0.0283. The van der Waals surface area contributed by atoms with Crippen LogP contribution < -0.4 is 0 Å². The van der Waals surface area contributed by atoms with Crippen LogP contribution in [0.5, 0.6) is 0 Å². The van der Waals surface area contributed by atoms with Crippen LogP contribution in [0.4, 0.5) is 0 Å². The van der Waals surface area contributed by atoms with Crippen LogP contribution >= 0.6 is 0 Å². The van der Waals surface area contributed by atoms with Gasteiger partial charge in [-0.05, 0) is 25.8 Å². The molecule has 0 aromatic carbocycles. The van der Waals surface area contributed by atoms with Crippen molar-refractivity contribution in [2.24, 2.45) is 0 Å². The molecule has 1 saturated carbocycles. The van der Waals surface area contributed by atoms with Gasteiger partial charge in [0, 0.05) is 12.4 Å². The van der Waals surface area contributed by atoms with Crippen LogP contribution in [0.3, 0.4) is 0 Å². The summed E-state index contributed by atoms with van der Waals surface area (Å²) in [7, 11) is -3.38. The van der Waals surface area contributed by atoms with E-state index in [1.807, 2.05) is 6.92 Å². The zero-order chi connectivity index (χ0) is 11.6. The van der Waals surface area contributed by atoms with Crippen LogP contribution in [0, 0.1) is 0 Å². The molecule has 1 aromatic rings. The third-order valence-electron chi connectivity index (χ3n) is 3.34. The third-order valence-corrected chi connectivity index (χ3v) is 5.74. The molecule has 0 unspecified atom stereocenters. The van der Waals surface area contributed by atoms with Gasteiger partial charge in [0.2, 0.25) is 15.0 Å². The molecule has 1 aliphatic rings. The first-order chi connectivity index (χ1) is 7.56. The molecular weight excluding hydrogens is 224 g/mol. The molecule has 1 heterocycles. The first-order valence-electron chi connectivity index (χ1n) is 5.58. The average Bonchev–Trinajstić information content (AvgIpc) is 2.31. The molecule has 0 spiro atoms. The highest BCUT2D eigenvalue weighted by Crippen LogP contribution is 2.37. The first-order valence-corrected chi connectivity index (χ1v) is 7.06. The Balaban J connectivity index is 2.39. The van der Waals surface area contributed by atoms with Gasteiger partial charge in [0.25, 0.3) is 0 Å². The molecule has 16 heavy (non-hydrogen) atoms. The van der Waals surface area contributed by atoms with Gasteiger partial charge in [0.1, 0.15) is 0 Å². The Bertz CT molecular complexity index is 450. The Kier molecular flexibility index (Phi) is 2.97. The molecule has 5 heteroatoms. The van der Waals surface area contributed by atoms with Crippen LogP contribution in [-0.4, -0.2) is 23.1 Å². The van der Waals surface area contributed by atoms with Gasteiger partial charge in [-0.25, -0.2) is 18.4 Å². The fourth-order valence-corrected chi connectivity index (χ4v) is 3.88. The number of sulfone groups is 1. The van der Waals surface area contributed by atoms with E-state index in [0.717, 1.165) is 19.3 Å². The molecule has 1 aromatic heterocycles. The van der Waals surface area contributed by atoms with Crippen molar-refractivity contribution in [1.82, 2.24) is 9.97 Å². The van der Waals surface area contributed by atoms with E-state index in [-0.39, 0.29) is 5.16 Å². The summed E-state index contributed by atoms with van der Waals surface area (Å²) >= 11 is 0. The fraction of sp³-hybridized carbons (Fsp3) is 0.636. The monoisotopic (exact) mass is 240 g/mol. The molecule has 0 atom stereocenters. The lowest BCUT2D eigenvalue weighted by Crippen LogP contribution is -2.38. The minimum absolute atomic E-state index is 0.0283. The number of hydrogen-bond acceptors (Lipinski definition) is 4. The lowest BCUT2D eigenvalue weighted by molar-refractivity contribution is 0.392. The fourth-order valence-electron chi connectivity index (χ4n) is 2.21. The predicted molar refractivity (Wildman–Crippen MR) is 60.7 cm³/mol. The van der Waals surface area contributed by atoms with E-state index in [0.29, 0.717) is 12.8 Å². The van der Waals surface area contributed by atoms with Crippen LogP contribution in [-0.2, 0) is 9.84 Å². The Morgan fingerprint density at radius 3 is 2.25 bits per heavy atom. The Hall–Kier alpha value is -0.970. The maximum Gasteiger partial charge on any atom is 0.247 e. The molecule has 88 valence electrons. The van der Waals surface area contributed by atoms with Crippen molar-refractivity contribution in [3.63, 3.8) is 0 Å². The molecule has 1 aliphatic carbocycles. The predicted octanol–water partition coefficient (Wildman–Crippen LogP) is 1.97.